The van der Waals surface area contributed by atoms with Crippen LogP contribution in [0, 0.1) is 5.92 Å². The van der Waals surface area contributed by atoms with E-state index in [0.717, 1.165) is 49.1 Å². The highest BCUT2D eigenvalue weighted by atomic mass is 35.5. The second-order valence-corrected chi connectivity index (χ2v) is 7.43. The number of phenols is 1. The van der Waals surface area contributed by atoms with Crippen molar-refractivity contribution in [1.82, 2.24) is 5.01 Å². The summed E-state index contributed by atoms with van der Waals surface area (Å²) in [5, 5.41) is 12.1. The molecule has 3 N–H and O–H groups in total. The number of nitrogens with zero attached hydrogens (tertiary/aromatic N) is 1. The molecule has 5 heteroatoms. The topological polar surface area (TPSA) is 58.7 Å². The van der Waals surface area contributed by atoms with Gasteiger partial charge in [-0.05, 0) is 55.4 Å². The molecular formula is C21H27ClN2O2. The van der Waals surface area contributed by atoms with Crippen LogP contribution in [-0.2, 0) is 12.8 Å². The Balaban J connectivity index is 0.00000196. The molecule has 0 aliphatic carbocycles. The summed E-state index contributed by atoms with van der Waals surface area (Å²) < 4.78 is 6.05. The first kappa shape index (κ1) is 19.0. The summed E-state index contributed by atoms with van der Waals surface area (Å²) >= 11 is 0. The smallest absolute Gasteiger partial charge is 0.126 e. The van der Waals surface area contributed by atoms with Crippen LogP contribution < -0.4 is 10.6 Å². The van der Waals surface area contributed by atoms with Gasteiger partial charge in [-0.25, -0.2) is 5.01 Å². The second kappa shape index (κ2) is 7.87. The van der Waals surface area contributed by atoms with Gasteiger partial charge in [-0.2, -0.15) is 0 Å². The van der Waals surface area contributed by atoms with E-state index >= 15 is 0 Å². The van der Waals surface area contributed by atoms with Gasteiger partial charge in [0.1, 0.15) is 17.6 Å². The molecule has 2 aromatic rings. The van der Waals surface area contributed by atoms with E-state index in [2.05, 4.69) is 31.2 Å². The van der Waals surface area contributed by atoms with E-state index in [1.807, 2.05) is 23.2 Å². The highest BCUT2D eigenvalue weighted by Gasteiger charge is 2.33. The molecule has 2 aliphatic rings. The van der Waals surface area contributed by atoms with Gasteiger partial charge in [0.2, 0.25) is 0 Å². The fraction of sp³-hybridized carbons (Fsp3) is 0.429. The number of aromatic hydroxyl groups is 1. The molecule has 0 aromatic heterocycles. The Labute approximate surface area is 161 Å². The molecule has 0 radical (unpaired) electrons. The first-order valence-electron chi connectivity index (χ1n) is 9.19. The monoisotopic (exact) mass is 374 g/mol. The average Bonchev–Trinajstić information content (AvgIpc) is 2.96. The minimum Gasteiger partial charge on any atom is -0.508 e. The lowest BCUT2D eigenvalue weighted by atomic mass is 9.81. The Bertz CT molecular complexity index is 753. The van der Waals surface area contributed by atoms with Gasteiger partial charge >= 0.3 is 0 Å². The van der Waals surface area contributed by atoms with Crippen LogP contribution in [0.15, 0.2) is 42.5 Å². The largest absolute Gasteiger partial charge is 0.508 e. The number of hydrogen-bond acceptors (Lipinski definition) is 4. The first-order chi connectivity index (χ1) is 12.1. The zero-order chi connectivity index (χ0) is 17.4. The average molecular weight is 375 g/mol. The third kappa shape index (κ3) is 3.68. The van der Waals surface area contributed by atoms with Crippen LogP contribution in [0.2, 0.25) is 0 Å². The minimum absolute atomic E-state index is 0. The highest BCUT2D eigenvalue weighted by molar-refractivity contribution is 5.85. The molecule has 2 heterocycles. The summed E-state index contributed by atoms with van der Waals surface area (Å²) in [7, 11) is 0. The third-order valence-electron chi connectivity index (χ3n) is 5.47. The van der Waals surface area contributed by atoms with Crippen molar-refractivity contribution >= 4 is 12.4 Å². The number of hydrazine groups is 1. The summed E-state index contributed by atoms with van der Waals surface area (Å²) in [6.45, 7) is 3.00. The zero-order valence-electron chi connectivity index (χ0n) is 15.1. The summed E-state index contributed by atoms with van der Waals surface area (Å²) in [5.41, 5.74) is 3.50. The Kier molecular flexibility index (Phi) is 5.76. The molecule has 1 fully saturated rings. The van der Waals surface area contributed by atoms with Gasteiger partial charge in [0.05, 0.1) is 6.04 Å². The van der Waals surface area contributed by atoms with Crippen LogP contribution in [0.3, 0.4) is 0 Å². The molecule has 0 amide bonds. The summed E-state index contributed by atoms with van der Waals surface area (Å²) in [6.07, 6.45) is 4.15. The van der Waals surface area contributed by atoms with E-state index < -0.39 is 0 Å². The van der Waals surface area contributed by atoms with Crippen molar-refractivity contribution in [2.45, 2.75) is 44.8 Å². The van der Waals surface area contributed by atoms with Crippen molar-refractivity contribution in [1.29, 1.82) is 0 Å². The Morgan fingerprint density at radius 1 is 1.23 bits per heavy atom. The van der Waals surface area contributed by atoms with Crippen molar-refractivity contribution in [3.05, 3.63) is 59.2 Å². The Hall–Kier alpha value is -1.75. The normalized spacial score (nSPS) is 25.2. The molecule has 2 aromatic carbocycles. The molecule has 3 atom stereocenters. The van der Waals surface area contributed by atoms with Crippen molar-refractivity contribution in [2.24, 2.45) is 11.8 Å². The maximum Gasteiger partial charge on any atom is 0.126 e. The molecular weight excluding hydrogens is 348 g/mol. The van der Waals surface area contributed by atoms with Crippen LogP contribution in [0.1, 0.15) is 42.5 Å². The van der Waals surface area contributed by atoms with Crippen LogP contribution in [0.5, 0.6) is 11.5 Å². The number of fused-ring (bicyclic) bond motifs is 1. The number of phenolic OH excluding ortho intramolecular Hbond substituents is 1. The van der Waals surface area contributed by atoms with Gasteiger partial charge < -0.3 is 9.84 Å². The molecule has 0 bridgehead atoms. The number of piperidine rings is 1. The number of rotatable bonds is 3. The number of nitrogens with two attached hydrogens (primary N) is 1. The predicted octanol–water partition coefficient (Wildman–Crippen LogP) is 4.01. The van der Waals surface area contributed by atoms with Crippen molar-refractivity contribution in [2.75, 3.05) is 6.54 Å². The molecule has 0 saturated carbocycles. The highest BCUT2D eigenvalue weighted by Crippen LogP contribution is 2.41. The standard InChI is InChI=1S/C21H26N2O2.ClH/c1-14-10-17-12-19(24)13-18(21(17)25-14)11-16-8-5-9-23(22)20(16)15-6-3-2-4-7-15;/h2-4,6-7,12-14,16,20,24H,5,8-11,22H2,1H3;1H/t14-,16-,20?;/m0./s1. The van der Waals surface area contributed by atoms with Crippen molar-refractivity contribution < 1.29 is 9.84 Å². The van der Waals surface area contributed by atoms with E-state index in [-0.39, 0.29) is 24.6 Å². The fourth-order valence-electron chi connectivity index (χ4n) is 4.46. The zero-order valence-corrected chi connectivity index (χ0v) is 15.9. The minimum atomic E-state index is 0. The summed E-state index contributed by atoms with van der Waals surface area (Å²) in [6, 6.07) is 14.4. The summed E-state index contributed by atoms with van der Waals surface area (Å²) in [5.74, 6) is 8.10. The van der Waals surface area contributed by atoms with E-state index in [1.165, 1.54) is 5.56 Å². The lowest BCUT2D eigenvalue weighted by molar-refractivity contribution is 0.0920. The van der Waals surface area contributed by atoms with Gasteiger partial charge in [-0.15, -0.1) is 12.4 Å². The van der Waals surface area contributed by atoms with Gasteiger partial charge in [0.25, 0.3) is 0 Å². The van der Waals surface area contributed by atoms with Crippen molar-refractivity contribution in [3.63, 3.8) is 0 Å². The van der Waals surface area contributed by atoms with E-state index in [4.69, 9.17) is 10.6 Å². The quantitative estimate of drug-likeness (QED) is 0.797. The molecule has 0 spiro atoms. The Morgan fingerprint density at radius 3 is 2.77 bits per heavy atom. The van der Waals surface area contributed by atoms with Crippen LogP contribution in [-0.4, -0.2) is 22.8 Å². The molecule has 26 heavy (non-hydrogen) atoms. The van der Waals surface area contributed by atoms with Crippen molar-refractivity contribution in [3.8, 4) is 11.5 Å². The lowest BCUT2D eigenvalue weighted by Crippen LogP contribution is -2.44. The molecule has 4 nitrogen and oxygen atoms in total. The number of ether oxygens (including phenoxy) is 1. The maximum absolute atomic E-state index is 10.1. The Morgan fingerprint density at radius 2 is 2.00 bits per heavy atom. The van der Waals surface area contributed by atoms with Crippen LogP contribution in [0.25, 0.3) is 0 Å². The molecule has 2 aliphatic heterocycles. The van der Waals surface area contributed by atoms with E-state index in [0.29, 0.717) is 11.7 Å². The SMILES string of the molecule is C[C@H]1Cc2cc(O)cc(C[C@@H]3CCCN(N)C3c3ccccc3)c2O1.Cl. The predicted molar refractivity (Wildman–Crippen MR) is 106 cm³/mol. The molecule has 1 unspecified atom stereocenters. The molecule has 1 saturated heterocycles. The number of halogens is 1. The van der Waals surface area contributed by atoms with Gasteiger partial charge in [-0.3, -0.25) is 5.84 Å². The van der Waals surface area contributed by atoms with Gasteiger partial charge in [0.15, 0.2) is 0 Å². The fourth-order valence-corrected chi connectivity index (χ4v) is 4.46. The molecule has 4 rings (SSSR count). The number of benzene rings is 2. The first-order valence-corrected chi connectivity index (χ1v) is 9.19. The van der Waals surface area contributed by atoms with E-state index in [9.17, 15) is 5.11 Å². The number of hydrogen-bond donors (Lipinski definition) is 2. The van der Waals surface area contributed by atoms with Crippen LogP contribution in [0.4, 0.5) is 0 Å². The van der Waals surface area contributed by atoms with Crippen LogP contribution >= 0.6 is 12.4 Å². The second-order valence-electron chi connectivity index (χ2n) is 7.43. The summed E-state index contributed by atoms with van der Waals surface area (Å²) in [4.78, 5) is 0. The lowest BCUT2D eigenvalue weighted by Gasteiger charge is -2.39. The molecule has 140 valence electrons. The van der Waals surface area contributed by atoms with Gasteiger partial charge in [0, 0.05) is 18.5 Å². The third-order valence-corrected chi connectivity index (χ3v) is 5.47. The van der Waals surface area contributed by atoms with E-state index in [1.54, 1.807) is 0 Å². The van der Waals surface area contributed by atoms with Gasteiger partial charge in [-0.1, -0.05) is 30.3 Å². The maximum atomic E-state index is 10.1.